The molecule has 0 aromatic rings. The summed E-state index contributed by atoms with van der Waals surface area (Å²) in [5, 5.41) is 8.23. The average molecular weight is 317 g/mol. The van der Waals surface area contributed by atoms with Gasteiger partial charge in [-0.05, 0) is 25.3 Å². The fourth-order valence-corrected chi connectivity index (χ4v) is 3.93. The minimum Gasteiger partial charge on any atom is -0.403 e. The smallest absolute Gasteiger partial charge is 0.229 e. The number of dihydropyridines is 1. The molecule has 4 atom stereocenters. The van der Waals surface area contributed by atoms with Crippen LogP contribution in [0.25, 0.3) is 0 Å². The number of halogens is 1. The van der Waals surface area contributed by atoms with Gasteiger partial charge in [0.1, 0.15) is 17.6 Å². The number of alkyl halides is 1. The SMILES string of the molecule is N=C1C(N2CC3CCC(C2)N3C(=O)[C@@H]2C[C@H]2F)=CC=N/C1=C/N. The number of aliphatic imine (C=N–C) groups is 1. The Morgan fingerprint density at radius 1 is 1.39 bits per heavy atom. The predicted molar refractivity (Wildman–Crippen MR) is 84.8 cm³/mol. The van der Waals surface area contributed by atoms with Crippen molar-refractivity contribution in [3.8, 4) is 0 Å². The number of allylic oxidation sites excluding steroid dienone is 1. The summed E-state index contributed by atoms with van der Waals surface area (Å²) in [5.74, 6) is -0.419. The van der Waals surface area contributed by atoms with Crippen LogP contribution in [0.15, 0.2) is 28.7 Å². The van der Waals surface area contributed by atoms with E-state index >= 15 is 0 Å². The molecule has 1 amide bonds. The van der Waals surface area contributed by atoms with Crippen molar-refractivity contribution in [2.75, 3.05) is 13.1 Å². The molecule has 0 aromatic carbocycles. The molecule has 3 fully saturated rings. The zero-order chi connectivity index (χ0) is 16.1. The Bertz CT molecular complexity index is 641. The predicted octanol–water partition coefficient (Wildman–Crippen LogP) is 0.808. The second-order valence-corrected chi connectivity index (χ2v) is 6.65. The first-order valence-electron chi connectivity index (χ1n) is 8.07. The van der Waals surface area contributed by atoms with Gasteiger partial charge >= 0.3 is 0 Å². The van der Waals surface area contributed by atoms with Crippen molar-refractivity contribution < 1.29 is 9.18 Å². The molecule has 2 bridgehead atoms. The third kappa shape index (κ3) is 2.26. The molecule has 122 valence electrons. The summed E-state index contributed by atoms with van der Waals surface area (Å²) in [4.78, 5) is 20.6. The number of hydrogen-bond acceptors (Lipinski definition) is 5. The van der Waals surface area contributed by atoms with Gasteiger partial charge in [-0.3, -0.25) is 15.2 Å². The van der Waals surface area contributed by atoms with Gasteiger partial charge in [-0.2, -0.15) is 0 Å². The molecule has 3 N–H and O–H groups in total. The van der Waals surface area contributed by atoms with E-state index in [0.29, 0.717) is 30.9 Å². The van der Waals surface area contributed by atoms with E-state index in [1.54, 1.807) is 6.21 Å². The molecule has 0 spiro atoms. The number of nitrogens with zero attached hydrogens (tertiary/aromatic N) is 3. The number of hydrogen-bond donors (Lipinski definition) is 2. The van der Waals surface area contributed by atoms with Crippen LogP contribution in [0.2, 0.25) is 0 Å². The monoisotopic (exact) mass is 317 g/mol. The molecule has 23 heavy (non-hydrogen) atoms. The first kappa shape index (κ1) is 14.4. The second kappa shape index (κ2) is 5.18. The lowest BCUT2D eigenvalue weighted by Gasteiger charge is -2.43. The van der Waals surface area contributed by atoms with Crippen LogP contribution in [0.3, 0.4) is 0 Å². The zero-order valence-electron chi connectivity index (χ0n) is 12.8. The van der Waals surface area contributed by atoms with Gasteiger partial charge in [0, 0.05) is 37.6 Å². The molecule has 2 saturated heterocycles. The van der Waals surface area contributed by atoms with Crippen LogP contribution in [0.5, 0.6) is 0 Å². The lowest BCUT2D eigenvalue weighted by Crippen LogP contribution is -2.56. The number of carbonyl (C=O) groups excluding carboxylic acids is 1. The lowest BCUT2D eigenvalue weighted by atomic mass is 10.1. The highest BCUT2D eigenvalue weighted by molar-refractivity contribution is 6.14. The second-order valence-electron chi connectivity index (χ2n) is 6.65. The van der Waals surface area contributed by atoms with Crippen LogP contribution in [0, 0.1) is 11.3 Å². The van der Waals surface area contributed by atoms with Crippen molar-refractivity contribution in [1.82, 2.24) is 9.80 Å². The van der Waals surface area contributed by atoms with Crippen molar-refractivity contribution in [2.45, 2.75) is 37.5 Å². The molecule has 0 radical (unpaired) electrons. The Morgan fingerprint density at radius 2 is 2.04 bits per heavy atom. The van der Waals surface area contributed by atoms with Crippen molar-refractivity contribution >= 4 is 17.8 Å². The van der Waals surface area contributed by atoms with Gasteiger partial charge in [0.15, 0.2) is 0 Å². The Kier molecular flexibility index (Phi) is 3.25. The van der Waals surface area contributed by atoms with E-state index in [4.69, 9.17) is 11.1 Å². The number of rotatable bonds is 2. The fourth-order valence-electron chi connectivity index (χ4n) is 3.93. The van der Waals surface area contributed by atoms with E-state index in [-0.39, 0.29) is 18.0 Å². The zero-order valence-corrected chi connectivity index (χ0v) is 12.8. The summed E-state index contributed by atoms with van der Waals surface area (Å²) >= 11 is 0. The number of nitrogens with one attached hydrogen (secondary N) is 1. The number of nitrogens with two attached hydrogens (primary N) is 1. The number of carbonyl (C=O) groups is 1. The van der Waals surface area contributed by atoms with Crippen LogP contribution in [0.1, 0.15) is 19.3 Å². The van der Waals surface area contributed by atoms with E-state index in [2.05, 4.69) is 9.89 Å². The molecular formula is C16H20FN5O. The van der Waals surface area contributed by atoms with Crippen molar-refractivity contribution in [3.63, 3.8) is 0 Å². The van der Waals surface area contributed by atoms with Crippen LogP contribution < -0.4 is 5.73 Å². The summed E-state index contributed by atoms with van der Waals surface area (Å²) in [6, 6.07) is 0.235. The first-order chi connectivity index (χ1) is 11.1. The Hall–Kier alpha value is -2.18. The molecule has 3 heterocycles. The van der Waals surface area contributed by atoms with E-state index < -0.39 is 12.1 Å². The Labute approximate surface area is 134 Å². The normalized spacial score (nSPS) is 37.3. The molecule has 0 aromatic heterocycles. The van der Waals surface area contributed by atoms with Crippen LogP contribution in [0.4, 0.5) is 4.39 Å². The summed E-state index contributed by atoms with van der Waals surface area (Å²) in [6.07, 6.45) is 6.16. The van der Waals surface area contributed by atoms with Crippen LogP contribution in [-0.2, 0) is 4.79 Å². The largest absolute Gasteiger partial charge is 0.403 e. The van der Waals surface area contributed by atoms with E-state index in [1.165, 1.54) is 6.20 Å². The van der Waals surface area contributed by atoms with Crippen LogP contribution in [-0.4, -0.2) is 59.0 Å². The molecule has 1 saturated carbocycles. The minimum absolute atomic E-state index is 0.0125. The Balaban J connectivity index is 1.52. The van der Waals surface area contributed by atoms with Gasteiger partial charge in [-0.25, -0.2) is 4.39 Å². The molecule has 4 rings (SSSR count). The third-order valence-corrected chi connectivity index (χ3v) is 5.22. The van der Waals surface area contributed by atoms with Gasteiger partial charge in [0.25, 0.3) is 0 Å². The van der Waals surface area contributed by atoms with Gasteiger partial charge in [0.05, 0.1) is 11.6 Å². The Morgan fingerprint density at radius 3 is 2.61 bits per heavy atom. The minimum atomic E-state index is -0.942. The number of amides is 1. The maximum Gasteiger partial charge on any atom is 0.229 e. The summed E-state index contributed by atoms with van der Waals surface area (Å²) in [6.45, 7) is 1.37. The van der Waals surface area contributed by atoms with E-state index in [0.717, 1.165) is 18.5 Å². The summed E-state index contributed by atoms with van der Waals surface area (Å²) in [5.41, 5.74) is 7.10. The highest BCUT2D eigenvalue weighted by atomic mass is 19.1. The van der Waals surface area contributed by atoms with Crippen LogP contribution >= 0.6 is 0 Å². The molecule has 4 aliphatic rings. The fraction of sp³-hybridized carbons (Fsp3) is 0.562. The number of fused-ring (bicyclic) bond motifs is 2. The van der Waals surface area contributed by atoms with Gasteiger partial charge < -0.3 is 15.5 Å². The standard InChI is InChI=1S/C16H20FN5O/c17-12-5-11(12)16(23)22-9-1-2-10(22)8-21(7-9)14-3-4-20-13(6-18)15(14)19/h3-4,6,9-12,19H,1-2,5,7-8,18H2/b13-6+,19-15?/t9?,10?,11-,12-/m1/s1. The molecule has 3 aliphatic heterocycles. The first-order valence-corrected chi connectivity index (χ1v) is 8.07. The molecule has 7 heteroatoms. The van der Waals surface area contributed by atoms with Gasteiger partial charge in [-0.1, -0.05) is 0 Å². The highest BCUT2D eigenvalue weighted by Gasteiger charge is 2.51. The number of piperazine rings is 1. The van der Waals surface area contributed by atoms with E-state index in [1.807, 2.05) is 11.0 Å². The molecule has 1 aliphatic carbocycles. The highest BCUT2D eigenvalue weighted by Crippen LogP contribution is 2.40. The molecular weight excluding hydrogens is 297 g/mol. The number of likely N-dealkylation sites (tertiary alicyclic amines) is 1. The lowest BCUT2D eigenvalue weighted by molar-refractivity contribution is -0.138. The maximum atomic E-state index is 13.2. The topological polar surface area (TPSA) is 85.8 Å². The van der Waals surface area contributed by atoms with Gasteiger partial charge in [-0.15, -0.1) is 0 Å². The summed E-state index contributed by atoms with van der Waals surface area (Å²) < 4.78 is 13.2. The quantitative estimate of drug-likeness (QED) is 0.790. The average Bonchev–Trinajstić information content (AvgIpc) is 3.22. The maximum absolute atomic E-state index is 13.2. The van der Waals surface area contributed by atoms with Crippen molar-refractivity contribution in [2.24, 2.45) is 16.6 Å². The van der Waals surface area contributed by atoms with Crippen molar-refractivity contribution in [3.05, 3.63) is 23.7 Å². The molecule has 6 nitrogen and oxygen atoms in total. The van der Waals surface area contributed by atoms with E-state index in [9.17, 15) is 9.18 Å². The van der Waals surface area contributed by atoms with Gasteiger partial charge in [0.2, 0.25) is 5.91 Å². The molecule has 2 unspecified atom stereocenters. The summed E-state index contributed by atoms with van der Waals surface area (Å²) in [7, 11) is 0. The third-order valence-electron chi connectivity index (χ3n) is 5.22. The van der Waals surface area contributed by atoms with Crippen molar-refractivity contribution in [1.29, 1.82) is 5.41 Å².